The van der Waals surface area contributed by atoms with Crippen molar-refractivity contribution in [2.75, 3.05) is 66.4 Å². The molecular formula is C59H109NO5. The predicted octanol–water partition coefficient (Wildman–Crippen LogP) is 15.9. The van der Waals surface area contributed by atoms with E-state index in [0.29, 0.717) is 30.8 Å². The molecule has 6 nitrogen and oxygen atoms in total. The van der Waals surface area contributed by atoms with E-state index in [-0.39, 0.29) is 6.10 Å². The standard InChI is InChI=1S/C59H109NO5/c1-9-11-12-13-14-15-16-17-18-19-20-21-22-23-24-25-41-63-49-57(48-60-40-37-56(47-60)61-8)65-45-29-43-62-42-28-44-64-55-36-39-59(7,38-10-2)54(46-55)33-27-32-53-34-35-58(52(53)6)51(5)31-26-30-50(3)4/h14-15,17-18,33,50-53,55-58H,9-13,16,19-32,34-49H2,1-8H3/b15-14-,18-17-,54-33-/t51-,52-,53-,55+,56?,57?,58-,59+/m1/s1. The zero-order valence-electron chi connectivity index (χ0n) is 44.4. The highest BCUT2D eigenvalue weighted by Gasteiger charge is 2.37. The molecule has 3 aliphatic rings. The minimum absolute atomic E-state index is 0.0916. The van der Waals surface area contributed by atoms with E-state index in [1.165, 1.54) is 135 Å². The number of allylic oxidation sites excluding steroid dienone is 5. The van der Waals surface area contributed by atoms with Gasteiger partial charge in [-0.2, -0.15) is 0 Å². The van der Waals surface area contributed by atoms with Crippen molar-refractivity contribution in [1.29, 1.82) is 0 Å². The molecule has 0 aromatic heterocycles. The molecule has 0 bridgehead atoms. The minimum Gasteiger partial charge on any atom is -0.381 e. The van der Waals surface area contributed by atoms with Gasteiger partial charge in [0, 0.05) is 59.8 Å². The Morgan fingerprint density at radius 1 is 0.708 bits per heavy atom. The van der Waals surface area contributed by atoms with Crippen molar-refractivity contribution in [2.24, 2.45) is 35.0 Å². The zero-order valence-corrected chi connectivity index (χ0v) is 44.4. The lowest BCUT2D eigenvalue weighted by Gasteiger charge is -2.40. The normalized spacial score (nSPS) is 25.9. The van der Waals surface area contributed by atoms with Crippen molar-refractivity contribution >= 4 is 0 Å². The Hall–Kier alpha value is -1.02. The number of rotatable bonds is 40. The SMILES string of the molecule is CCCCC/C=C\C/C=C\CCCCCCCCOCC(CN1CCC(OC)C1)OCCCOCCCO[C@H]1CC[C@](C)(CCC)/C(=C\CC[C@@H]2CC[C@H]([C@H](C)CCCC(C)C)[C@@H]2C)C1. The van der Waals surface area contributed by atoms with Gasteiger partial charge in [0.1, 0.15) is 0 Å². The Balaban J connectivity index is 1.25. The molecule has 2 unspecified atom stereocenters. The third kappa shape index (κ3) is 26.0. The summed E-state index contributed by atoms with van der Waals surface area (Å²) in [4.78, 5) is 2.48. The molecule has 6 heteroatoms. The molecule has 3 fully saturated rings. The van der Waals surface area contributed by atoms with E-state index in [9.17, 15) is 0 Å². The van der Waals surface area contributed by atoms with Crippen LogP contribution >= 0.6 is 0 Å². The van der Waals surface area contributed by atoms with Crippen LogP contribution in [0.15, 0.2) is 36.0 Å². The van der Waals surface area contributed by atoms with E-state index in [1.807, 2.05) is 7.11 Å². The van der Waals surface area contributed by atoms with Gasteiger partial charge in [-0.25, -0.2) is 0 Å². The van der Waals surface area contributed by atoms with Crippen LogP contribution in [0.25, 0.3) is 0 Å². The van der Waals surface area contributed by atoms with Gasteiger partial charge in [0.05, 0.1) is 24.9 Å². The number of hydrogen-bond acceptors (Lipinski definition) is 6. The average molecular weight is 913 g/mol. The molecular weight excluding hydrogens is 803 g/mol. The second-order valence-corrected chi connectivity index (χ2v) is 21.9. The molecule has 1 heterocycles. The molecule has 2 aliphatic carbocycles. The van der Waals surface area contributed by atoms with E-state index in [0.717, 1.165) is 114 Å². The Morgan fingerprint density at radius 3 is 2.15 bits per heavy atom. The third-order valence-corrected chi connectivity index (χ3v) is 15.8. The van der Waals surface area contributed by atoms with Crippen LogP contribution in [0.5, 0.6) is 0 Å². The summed E-state index contributed by atoms with van der Waals surface area (Å²) in [5.74, 6) is 4.44. The summed E-state index contributed by atoms with van der Waals surface area (Å²) in [6.07, 6.45) is 46.9. The molecule has 380 valence electrons. The average Bonchev–Trinajstić information content (AvgIpc) is 3.91. The van der Waals surface area contributed by atoms with Crippen LogP contribution in [-0.2, 0) is 23.7 Å². The molecule has 0 radical (unpaired) electrons. The van der Waals surface area contributed by atoms with E-state index in [2.05, 4.69) is 83.7 Å². The minimum atomic E-state index is 0.0916. The van der Waals surface area contributed by atoms with Gasteiger partial charge in [-0.05, 0) is 144 Å². The fraction of sp³-hybridized carbons (Fsp3) is 0.898. The molecule has 65 heavy (non-hydrogen) atoms. The van der Waals surface area contributed by atoms with Crippen LogP contribution in [0.1, 0.15) is 222 Å². The van der Waals surface area contributed by atoms with Crippen LogP contribution in [0.2, 0.25) is 0 Å². The Bertz CT molecular complexity index is 1220. The van der Waals surface area contributed by atoms with Crippen molar-refractivity contribution in [1.82, 2.24) is 4.90 Å². The number of unbranched alkanes of at least 4 members (excludes halogenated alkanes) is 9. The first-order valence-electron chi connectivity index (χ1n) is 28.3. The molecule has 1 aliphatic heterocycles. The molecule has 0 amide bonds. The van der Waals surface area contributed by atoms with Gasteiger partial charge in [0.2, 0.25) is 0 Å². The fourth-order valence-corrected chi connectivity index (χ4v) is 11.5. The Labute approximate surface area is 404 Å². The molecule has 2 saturated carbocycles. The van der Waals surface area contributed by atoms with Crippen molar-refractivity contribution in [2.45, 2.75) is 240 Å². The van der Waals surface area contributed by atoms with E-state index >= 15 is 0 Å². The number of nitrogens with zero attached hydrogens (tertiary/aromatic N) is 1. The van der Waals surface area contributed by atoms with Gasteiger partial charge in [0.15, 0.2) is 0 Å². The lowest BCUT2D eigenvalue weighted by Crippen LogP contribution is -2.36. The highest BCUT2D eigenvalue weighted by molar-refractivity contribution is 5.18. The first kappa shape index (κ1) is 58.3. The Morgan fingerprint density at radius 2 is 1.43 bits per heavy atom. The van der Waals surface area contributed by atoms with Gasteiger partial charge in [-0.3, -0.25) is 4.90 Å². The molecule has 8 atom stereocenters. The number of hydrogen-bond donors (Lipinski definition) is 0. The van der Waals surface area contributed by atoms with Crippen LogP contribution in [-0.4, -0.2) is 89.6 Å². The van der Waals surface area contributed by atoms with Gasteiger partial charge < -0.3 is 23.7 Å². The quantitative estimate of drug-likeness (QED) is 0.0451. The van der Waals surface area contributed by atoms with Crippen molar-refractivity contribution in [3.05, 3.63) is 36.0 Å². The summed E-state index contributed by atoms with van der Waals surface area (Å²) in [6, 6.07) is 0. The summed E-state index contributed by atoms with van der Waals surface area (Å²) in [5.41, 5.74) is 2.04. The Kier molecular flexibility index (Phi) is 33.1. The number of methoxy groups -OCH3 is 1. The fourth-order valence-electron chi connectivity index (χ4n) is 11.5. The van der Waals surface area contributed by atoms with Crippen LogP contribution < -0.4 is 0 Å². The second-order valence-electron chi connectivity index (χ2n) is 21.9. The summed E-state index contributed by atoms with van der Waals surface area (Å²) in [5, 5.41) is 0. The molecule has 0 aromatic rings. The van der Waals surface area contributed by atoms with Crippen LogP contribution in [0.4, 0.5) is 0 Å². The van der Waals surface area contributed by atoms with Gasteiger partial charge >= 0.3 is 0 Å². The molecule has 3 rings (SSSR count). The predicted molar refractivity (Wildman–Crippen MR) is 279 cm³/mol. The summed E-state index contributed by atoms with van der Waals surface area (Å²) in [7, 11) is 1.83. The van der Waals surface area contributed by atoms with Crippen molar-refractivity contribution in [3.8, 4) is 0 Å². The first-order valence-corrected chi connectivity index (χ1v) is 28.3. The summed E-state index contributed by atoms with van der Waals surface area (Å²) >= 11 is 0. The topological polar surface area (TPSA) is 49.4 Å². The number of likely N-dealkylation sites (tertiary alicyclic amines) is 1. The summed E-state index contributed by atoms with van der Waals surface area (Å²) < 4.78 is 30.9. The smallest absolute Gasteiger partial charge is 0.0934 e. The van der Waals surface area contributed by atoms with Gasteiger partial charge in [-0.15, -0.1) is 0 Å². The number of ether oxygens (including phenoxy) is 5. The molecule has 0 N–H and O–H groups in total. The van der Waals surface area contributed by atoms with E-state index < -0.39 is 0 Å². The third-order valence-electron chi connectivity index (χ3n) is 15.8. The van der Waals surface area contributed by atoms with Crippen molar-refractivity contribution in [3.63, 3.8) is 0 Å². The maximum absolute atomic E-state index is 6.54. The maximum Gasteiger partial charge on any atom is 0.0934 e. The highest BCUT2D eigenvalue weighted by Crippen LogP contribution is 2.47. The zero-order chi connectivity index (χ0) is 46.8. The highest BCUT2D eigenvalue weighted by atomic mass is 16.5. The van der Waals surface area contributed by atoms with Gasteiger partial charge in [-0.1, -0.05) is 149 Å². The lowest BCUT2D eigenvalue weighted by atomic mass is 9.68. The molecule has 1 saturated heterocycles. The maximum atomic E-state index is 6.54. The largest absolute Gasteiger partial charge is 0.381 e. The van der Waals surface area contributed by atoms with Crippen LogP contribution in [0, 0.1) is 35.0 Å². The lowest BCUT2D eigenvalue weighted by molar-refractivity contribution is -0.0386. The first-order chi connectivity index (χ1) is 31.7. The van der Waals surface area contributed by atoms with E-state index in [4.69, 9.17) is 23.7 Å². The molecule has 0 aromatic carbocycles. The summed E-state index contributed by atoms with van der Waals surface area (Å²) in [6.45, 7) is 24.5. The van der Waals surface area contributed by atoms with Crippen LogP contribution in [0.3, 0.4) is 0 Å². The van der Waals surface area contributed by atoms with Crippen molar-refractivity contribution < 1.29 is 23.7 Å². The molecule has 0 spiro atoms. The monoisotopic (exact) mass is 912 g/mol. The van der Waals surface area contributed by atoms with E-state index in [1.54, 1.807) is 5.57 Å². The van der Waals surface area contributed by atoms with Gasteiger partial charge in [0.25, 0.3) is 0 Å². The second kappa shape index (κ2) is 36.9.